The van der Waals surface area contributed by atoms with E-state index in [-0.39, 0.29) is 23.9 Å². The van der Waals surface area contributed by atoms with Gasteiger partial charge in [0, 0.05) is 0 Å². The van der Waals surface area contributed by atoms with Crippen molar-refractivity contribution in [1.82, 2.24) is 0 Å². The van der Waals surface area contributed by atoms with E-state index in [0.717, 1.165) is 0 Å². The van der Waals surface area contributed by atoms with Crippen LogP contribution in [0.5, 0.6) is 0 Å². The van der Waals surface area contributed by atoms with Gasteiger partial charge in [-0.1, -0.05) is 20.8 Å². The molecule has 0 unspecified atom stereocenters. The quantitative estimate of drug-likeness (QED) is 0.599. The first-order valence-corrected chi connectivity index (χ1v) is 4.40. The molecular formula is C9H16O3. The molecule has 0 spiro atoms. The van der Waals surface area contributed by atoms with Crippen LogP contribution in [0, 0.1) is 11.8 Å². The Kier molecular flexibility index (Phi) is 2.73. The Morgan fingerprint density at radius 3 is 2.67 bits per heavy atom. The van der Waals surface area contributed by atoms with E-state index in [9.17, 15) is 9.90 Å². The molecule has 3 heteroatoms. The number of ether oxygens (including phenoxy) is 1. The Labute approximate surface area is 72.7 Å². The van der Waals surface area contributed by atoms with Gasteiger partial charge in [-0.05, 0) is 11.8 Å². The van der Waals surface area contributed by atoms with Gasteiger partial charge in [0.1, 0.15) is 6.10 Å². The van der Waals surface area contributed by atoms with Crippen molar-refractivity contribution in [1.29, 1.82) is 0 Å². The van der Waals surface area contributed by atoms with Crippen LogP contribution in [-0.4, -0.2) is 23.3 Å². The molecule has 0 aromatic rings. The van der Waals surface area contributed by atoms with Gasteiger partial charge in [0.05, 0.1) is 12.5 Å². The smallest absolute Gasteiger partial charge is 0.306 e. The van der Waals surface area contributed by atoms with Crippen molar-refractivity contribution >= 4 is 5.97 Å². The fourth-order valence-electron chi connectivity index (χ4n) is 1.51. The molecule has 1 saturated heterocycles. The number of hydrogen-bond donors (Lipinski definition) is 1. The maximum absolute atomic E-state index is 11.0. The zero-order valence-electron chi connectivity index (χ0n) is 7.78. The Bertz CT molecular complexity index is 177. The molecule has 1 aliphatic rings. The summed E-state index contributed by atoms with van der Waals surface area (Å²) in [6.07, 6.45) is -0.478. The molecule has 1 N–H and O–H groups in total. The van der Waals surface area contributed by atoms with Crippen molar-refractivity contribution in [2.75, 3.05) is 0 Å². The summed E-state index contributed by atoms with van der Waals surface area (Å²) in [7, 11) is 0. The number of aliphatic hydroxyl groups is 1. The molecule has 0 aromatic carbocycles. The monoisotopic (exact) mass is 172 g/mol. The van der Waals surface area contributed by atoms with Crippen LogP contribution in [0.2, 0.25) is 0 Å². The largest absolute Gasteiger partial charge is 0.459 e. The summed E-state index contributed by atoms with van der Waals surface area (Å²) in [6.45, 7) is 5.76. The highest BCUT2D eigenvalue weighted by Crippen LogP contribution is 2.25. The van der Waals surface area contributed by atoms with E-state index < -0.39 is 6.10 Å². The number of aliphatic hydroxyl groups excluding tert-OH is 1. The van der Waals surface area contributed by atoms with Crippen molar-refractivity contribution < 1.29 is 14.6 Å². The van der Waals surface area contributed by atoms with Crippen LogP contribution in [0.3, 0.4) is 0 Å². The van der Waals surface area contributed by atoms with E-state index in [0.29, 0.717) is 6.42 Å². The van der Waals surface area contributed by atoms with Crippen LogP contribution in [0.25, 0.3) is 0 Å². The van der Waals surface area contributed by atoms with E-state index in [4.69, 9.17) is 4.74 Å². The standard InChI is InChI=1S/C9H16O3/c1-5(2)9-8(11)6(3)4-7(10)12-9/h5-6,8-9,11H,4H2,1-3H3/t6-,8+,9-/m0/s1. The van der Waals surface area contributed by atoms with Crippen LogP contribution < -0.4 is 0 Å². The Morgan fingerprint density at radius 2 is 2.17 bits per heavy atom. The van der Waals surface area contributed by atoms with Crippen molar-refractivity contribution in [2.45, 2.75) is 39.4 Å². The molecule has 1 heterocycles. The summed E-state index contributed by atoms with van der Waals surface area (Å²) in [5.74, 6) is 0.0249. The lowest BCUT2D eigenvalue weighted by Crippen LogP contribution is -2.44. The molecule has 0 aliphatic carbocycles. The van der Waals surface area contributed by atoms with Crippen LogP contribution >= 0.6 is 0 Å². The average Bonchev–Trinajstić information content (AvgIpc) is 1.96. The van der Waals surface area contributed by atoms with Gasteiger partial charge in [0.2, 0.25) is 0 Å². The normalized spacial score (nSPS) is 36.8. The number of esters is 1. The third-order valence-corrected chi connectivity index (χ3v) is 2.33. The number of cyclic esters (lactones) is 1. The summed E-state index contributed by atoms with van der Waals surface area (Å²) >= 11 is 0. The number of carbonyl (C=O) groups is 1. The van der Waals surface area contributed by atoms with E-state index in [1.54, 1.807) is 0 Å². The molecule has 70 valence electrons. The van der Waals surface area contributed by atoms with Crippen molar-refractivity contribution in [3.05, 3.63) is 0 Å². The van der Waals surface area contributed by atoms with Gasteiger partial charge in [0.25, 0.3) is 0 Å². The minimum Gasteiger partial charge on any atom is -0.459 e. The summed E-state index contributed by atoms with van der Waals surface area (Å²) < 4.78 is 5.04. The molecule has 3 atom stereocenters. The Morgan fingerprint density at radius 1 is 1.58 bits per heavy atom. The first kappa shape index (κ1) is 9.52. The molecule has 0 aromatic heterocycles. The molecule has 0 saturated carbocycles. The van der Waals surface area contributed by atoms with Crippen molar-refractivity contribution in [3.63, 3.8) is 0 Å². The summed E-state index contributed by atoms with van der Waals surface area (Å²) in [5.41, 5.74) is 0. The topological polar surface area (TPSA) is 46.5 Å². The highest BCUT2D eigenvalue weighted by atomic mass is 16.6. The third kappa shape index (κ3) is 1.78. The Balaban J connectivity index is 2.66. The fourth-order valence-corrected chi connectivity index (χ4v) is 1.51. The maximum atomic E-state index is 11.0. The predicted molar refractivity (Wildman–Crippen MR) is 44.5 cm³/mol. The first-order valence-electron chi connectivity index (χ1n) is 4.40. The molecule has 12 heavy (non-hydrogen) atoms. The fraction of sp³-hybridized carbons (Fsp3) is 0.889. The Hall–Kier alpha value is -0.570. The second kappa shape index (κ2) is 3.44. The minimum atomic E-state index is -0.498. The van der Waals surface area contributed by atoms with Gasteiger partial charge in [-0.2, -0.15) is 0 Å². The van der Waals surface area contributed by atoms with Gasteiger partial charge < -0.3 is 9.84 Å². The lowest BCUT2D eigenvalue weighted by molar-refractivity contribution is -0.174. The number of rotatable bonds is 1. The average molecular weight is 172 g/mol. The second-order valence-corrected chi connectivity index (χ2v) is 3.87. The van der Waals surface area contributed by atoms with Gasteiger partial charge in [-0.3, -0.25) is 4.79 Å². The van der Waals surface area contributed by atoms with Crippen molar-refractivity contribution in [2.24, 2.45) is 11.8 Å². The van der Waals surface area contributed by atoms with Gasteiger partial charge in [-0.15, -0.1) is 0 Å². The zero-order chi connectivity index (χ0) is 9.30. The SMILES string of the molecule is CC(C)[C@@H]1OC(=O)C[C@H](C)[C@H]1O. The third-order valence-electron chi connectivity index (χ3n) is 2.33. The minimum absolute atomic E-state index is 0.0265. The van der Waals surface area contributed by atoms with E-state index in [1.165, 1.54) is 0 Å². The molecular weight excluding hydrogens is 156 g/mol. The van der Waals surface area contributed by atoms with E-state index >= 15 is 0 Å². The highest BCUT2D eigenvalue weighted by molar-refractivity contribution is 5.70. The molecule has 0 amide bonds. The highest BCUT2D eigenvalue weighted by Gasteiger charge is 2.36. The molecule has 0 bridgehead atoms. The first-order chi connectivity index (χ1) is 5.52. The van der Waals surface area contributed by atoms with Crippen LogP contribution in [0.1, 0.15) is 27.2 Å². The lowest BCUT2D eigenvalue weighted by Gasteiger charge is -2.34. The maximum Gasteiger partial charge on any atom is 0.306 e. The zero-order valence-corrected chi connectivity index (χ0v) is 7.78. The van der Waals surface area contributed by atoms with Gasteiger partial charge in [0.15, 0.2) is 0 Å². The molecule has 1 aliphatic heterocycles. The molecule has 1 rings (SSSR count). The molecule has 0 radical (unpaired) electrons. The van der Waals surface area contributed by atoms with Crippen LogP contribution in [0.4, 0.5) is 0 Å². The van der Waals surface area contributed by atoms with Crippen LogP contribution in [-0.2, 0) is 9.53 Å². The van der Waals surface area contributed by atoms with Crippen LogP contribution in [0.15, 0.2) is 0 Å². The van der Waals surface area contributed by atoms with E-state index in [2.05, 4.69) is 0 Å². The van der Waals surface area contributed by atoms with Gasteiger partial charge >= 0.3 is 5.97 Å². The van der Waals surface area contributed by atoms with Gasteiger partial charge in [-0.25, -0.2) is 0 Å². The predicted octanol–water partition coefficient (Wildman–Crippen LogP) is 0.955. The second-order valence-electron chi connectivity index (χ2n) is 3.87. The van der Waals surface area contributed by atoms with E-state index in [1.807, 2.05) is 20.8 Å². The summed E-state index contributed by atoms with van der Waals surface area (Å²) in [6, 6.07) is 0. The molecule has 3 nitrogen and oxygen atoms in total. The number of carbonyl (C=O) groups excluding carboxylic acids is 1. The number of hydrogen-bond acceptors (Lipinski definition) is 3. The van der Waals surface area contributed by atoms with Crippen molar-refractivity contribution in [3.8, 4) is 0 Å². The molecule has 1 fully saturated rings. The summed E-state index contributed by atoms with van der Waals surface area (Å²) in [5, 5.41) is 9.65. The lowest BCUT2D eigenvalue weighted by atomic mass is 9.88. The summed E-state index contributed by atoms with van der Waals surface area (Å²) in [4.78, 5) is 11.0.